The van der Waals surface area contributed by atoms with Gasteiger partial charge in [-0.05, 0) is 70.2 Å². The highest BCUT2D eigenvalue weighted by Gasteiger charge is 2.24. The Morgan fingerprint density at radius 1 is 1.32 bits per heavy atom. The monoisotopic (exact) mass is 382 g/mol. The van der Waals surface area contributed by atoms with Gasteiger partial charge < -0.3 is 10.2 Å². The summed E-state index contributed by atoms with van der Waals surface area (Å²) in [6, 6.07) is 8.27. The molecule has 0 saturated carbocycles. The van der Waals surface area contributed by atoms with E-state index >= 15 is 0 Å². The molecule has 2 aromatic rings. The van der Waals surface area contributed by atoms with Gasteiger partial charge in [-0.25, -0.2) is 4.68 Å². The van der Waals surface area contributed by atoms with Crippen LogP contribution in [0.25, 0.3) is 5.69 Å². The quantitative estimate of drug-likeness (QED) is 0.827. The number of carbonyl (C=O) groups excluding carboxylic acids is 1. The van der Waals surface area contributed by atoms with Gasteiger partial charge in [0.2, 0.25) is 5.91 Å². The molecule has 0 spiro atoms. The fourth-order valence-electron chi connectivity index (χ4n) is 4.23. The Hall–Kier alpha value is -2.14. The molecule has 0 radical (unpaired) electrons. The molecule has 3 rings (SSSR count). The number of benzene rings is 1. The lowest BCUT2D eigenvalue weighted by Crippen LogP contribution is -2.36. The van der Waals surface area contributed by atoms with E-state index in [4.69, 9.17) is 5.10 Å². The Labute approximate surface area is 169 Å². The van der Waals surface area contributed by atoms with E-state index < -0.39 is 0 Å². The van der Waals surface area contributed by atoms with Crippen LogP contribution < -0.4 is 5.32 Å². The topological polar surface area (TPSA) is 50.2 Å². The van der Waals surface area contributed by atoms with Crippen LogP contribution in [0, 0.1) is 32.6 Å². The lowest BCUT2D eigenvalue weighted by Gasteiger charge is -2.29. The summed E-state index contributed by atoms with van der Waals surface area (Å²) in [5.74, 6) is 1.25. The van der Waals surface area contributed by atoms with Gasteiger partial charge in [0.1, 0.15) is 0 Å². The summed E-state index contributed by atoms with van der Waals surface area (Å²) in [6.07, 6.45) is 3.06. The Bertz CT molecular complexity index is 820. The summed E-state index contributed by atoms with van der Waals surface area (Å²) in [5.41, 5.74) is 5.53. The third-order valence-corrected chi connectivity index (χ3v) is 6.24. The van der Waals surface area contributed by atoms with Gasteiger partial charge in [-0.1, -0.05) is 25.1 Å². The number of para-hydroxylation sites is 1. The molecular formula is C23H34N4O. The first-order valence-electron chi connectivity index (χ1n) is 10.4. The summed E-state index contributed by atoms with van der Waals surface area (Å²) >= 11 is 0. The van der Waals surface area contributed by atoms with Crippen LogP contribution in [0.5, 0.6) is 0 Å². The van der Waals surface area contributed by atoms with Gasteiger partial charge in [0.05, 0.1) is 11.4 Å². The van der Waals surface area contributed by atoms with Crippen molar-refractivity contribution in [2.45, 2.75) is 53.5 Å². The number of amides is 1. The minimum atomic E-state index is 0.223. The number of nitrogens with one attached hydrogen (secondary N) is 1. The van der Waals surface area contributed by atoms with Gasteiger partial charge in [-0.3, -0.25) is 4.79 Å². The molecular weight excluding hydrogens is 348 g/mol. The molecule has 1 amide bonds. The molecule has 1 saturated heterocycles. The molecule has 1 aliphatic heterocycles. The number of hydrogen-bond acceptors (Lipinski definition) is 3. The van der Waals surface area contributed by atoms with E-state index in [0.717, 1.165) is 35.7 Å². The zero-order valence-corrected chi connectivity index (χ0v) is 18.0. The standard InChI is InChI=1S/C23H34N4O/c1-16-9-6-7-11-22(16)27-19(4)21(18(3)25-27)15-26(5)23(28)13-17(2)20-10-8-12-24-14-20/h6-7,9,11,17,20,24H,8,10,12-15H2,1-5H3. The minimum Gasteiger partial charge on any atom is -0.341 e. The van der Waals surface area contributed by atoms with Gasteiger partial charge in [-0.15, -0.1) is 0 Å². The first-order chi connectivity index (χ1) is 13.4. The molecule has 2 heterocycles. The van der Waals surface area contributed by atoms with E-state index in [1.165, 1.54) is 18.4 Å². The zero-order valence-electron chi connectivity index (χ0n) is 18.0. The normalized spacial score (nSPS) is 18.1. The van der Waals surface area contributed by atoms with E-state index in [-0.39, 0.29) is 5.91 Å². The van der Waals surface area contributed by atoms with Crippen molar-refractivity contribution in [2.24, 2.45) is 11.8 Å². The molecule has 5 heteroatoms. The second kappa shape index (κ2) is 8.91. The van der Waals surface area contributed by atoms with Crippen LogP contribution in [0.3, 0.4) is 0 Å². The second-order valence-electron chi connectivity index (χ2n) is 8.39. The maximum Gasteiger partial charge on any atom is 0.222 e. The predicted octanol–water partition coefficient (Wildman–Crippen LogP) is 3.78. The summed E-state index contributed by atoms with van der Waals surface area (Å²) in [5, 5.41) is 8.22. The fourth-order valence-corrected chi connectivity index (χ4v) is 4.23. The second-order valence-corrected chi connectivity index (χ2v) is 8.39. The maximum absolute atomic E-state index is 12.8. The van der Waals surface area contributed by atoms with Crippen LogP contribution in [-0.2, 0) is 11.3 Å². The van der Waals surface area contributed by atoms with Crippen molar-refractivity contribution in [2.75, 3.05) is 20.1 Å². The number of nitrogens with zero attached hydrogens (tertiary/aromatic N) is 3. The largest absolute Gasteiger partial charge is 0.341 e. The molecule has 1 aliphatic rings. The van der Waals surface area contributed by atoms with Crippen LogP contribution in [-0.4, -0.2) is 40.7 Å². The predicted molar refractivity (Wildman–Crippen MR) is 114 cm³/mol. The molecule has 2 unspecified atom stereocenters. The Kier molecular flexibility index (Phi) is 6.55. The van der Waals surface area contributed by atoms with E-state index in [1.807, 2.05) is 35.7 Å². The molecule has 1 N–H and O–H groups in total. The van der Waals surface area contributed by atoms with Crippen LogP contribution in [0.2, 0.25) is 0 Å². The molecule has 5 nitrogen and oxygen atoms in total. The number of rotatable bonds is 6. The van der Waals surface area contributed by atoms with Crippen molar-refractivity contribution in [1.29, 1.82) is 0 Å². The summed E-state index contributed by atoms with van der Waals surface area (Å²) < 4.78 is 2.01. The molecule has 28 heavy (non-hydrogen) atoms. The minimum absolute atomic E-state index is 0.223. The Morgan fingerprint density at radius 3 is 2.75 bits per heavy atom. The van der Waals surface area contributed by atoms with Gasteiger partial charge >= 0.3 is 0 Å². The van der Waals surface area contributed by atoms with Crippen LogP contribution in [0.4, 0.5) is 0 Å². The van der Waals surface area contributed by atoms with E-state index in [0.29, 0.717) is 24.8 Å². The van der Waals surface area contributed by atoms with Crippen molar-refractivity contribution in [1.82, 2.24) is 20.0 Å². The number of piperidine rings is 1. The number of hydrogen-bond donors (Lipinski definition) is 1. The van der Waals surface area contributed by atoms with Crippen molar-refractivity contribution < 1.29 is 4.79 Å². The lowest BCUT2D eigenvalue weighted by atomic mass is 9.85. The maximum atomic E-state index is 12.8. The Morgan fingerprint density at radius 2 is 2.07 bits per heavy atom. The van der Waals surface area contributed by atoms with Gasteiger partial charge in [0.15, 0.2) is 0 Å². The first kappa shape index (κ1) is 20.6. The van der Waals surface area contributed by atoms with Gasteiger partial charge in [0, 0.05) is 31.3 Å². The van der Waals surface area contributed by atoms with Crippen molar-refractivity contribution in [3.8, 4) is 5.69 Å². The summed E-state index contributed by atoms with van der Waals surface area (Å²) in [6.45, 7) is 11.2. The third kappa shape index (κ3) is 4.46. The molecule has 1 aromatic heterocycles. The van der Waals surface area contributed by atoms with E-state index in [2.05, 4.69) is 38.2 Å². The molecule has 2 atom stereocenters. The van der Waals surface area contributed by atoms with Crippen molar-refractivity contribution >= 4 is 5.91 Å². The molecule has 152 valence electrons. The van der Waals surface area contributed by atoms with Crippen molar-refractivity contribution in [3.63, 3.8) is 0 Å². The SMILES string of the molecule is Cc1ccccc1-n1nc(C)c(CN(C)C(=O)CC(C)C2CCCNC2)c1C. The van der Waals surface area contributed by atoms with E-state index in [9.17, 15) is 4.79 Å². The average molecular weight is 383 g/mol. The Balaban J connectivity index is 1.69. The van der Waals surface area contributed by atoms with Crippen LogP contribution in [0.1, 0.15) is 48.7 Å². The molecule has 1 aromatic carbocycles. The molecule has 0 bridgehead atoms. The fraction of sp³-hybridized carbons (Fsp3) is 0.565. The third-order valence-electron chi connectivity index (χ3n) is 6.24. The first-order valence-corrected chi connectivity index (χ1v) is 10.4. The lowest BCUT2D eigenvalue weighted by molar-refractivity contribution is -0.131. The summed E-state index contributed by atoms with van der Waals surface area (Å²) in [4.78, 5) is 14.7. The summed E-state index contributed by atoms with van der Waals surface area (Å²) in [7, 11) is 1.91. The smallest absolute Gasteiger partial charge is 0.222 e. The average Bonchev–Trinajstić information content (AvgIpc) is 2.97. The zero-order chi connectivity index (χ0) is 20.3. The van der Waals surface area contributed by atoms with Gasteiger partial charge in [-0.2, -0.15) is 5.10 Å². The highest BCUT2D eigenvalue weighted by atomic mass is 16.2. The number of carbonyl (C=O) groups is 1. The van der Waals surface area contributed by atoms with E-state index in [1.54, 1.807) is 0 Å². The van der Waals surface area contributed by atoms with Crippen LogP contribution >= 0.6 is 0 Å². The van der Waals surface area contributed by atoms with Crippen LogP contribution in [0.15, 0.2) is 24.3 Å². The number of aromatic nitrogens is 2. The highest BCUT2D eigenvalue weighted by Crippen LogP contribution is 2.25. The highest BCUT2D eigenvalue weighted by molar-refractivity contribution is 5.76. The number of aryl methyl sites for hydroxylation is 2. The molecule has 0 aliphatic carbocycles. The molecule has 1 fully saturated rings. The van der Waals surface area contributed by atoms with Gasteiger partial charge in [0.25, 0.3) is 0 Å². The van der Waals surface area contributed by atoms with Crippen molar-refractivity contribution in [3.05, 3.63) is 46.8 Å².